The van der Waals surface area contributed by atoms with Gasteiger partial charge in [-0.2, -0.15) is 0 Å². The van der Waals surface area contributed by atoms with Crippen molar-refractivity contribution >= 4 is 52.0 Å². The van der Waals surface area contributed by atoms with E-state index in [2.05, 4.69) is 31.1 Å². The van der Waals surface area contributed by atoms with Crippen LogP contribution in [0.2, 0.25) is 10.0 Å². The van der Waals surface area contributed by atoms with Gasteiger partial charge in [0.25, 0.3) is 0 Å². The van der Waals surface area contributed by atoms with Crippen LogP contribution in [-0.2, 0) is 22.4 Å². The third kappa shape index (κ3) is 6.30. The van der Waals surface area contributed by atoms with E-state index in [1.54, 1.807) is 26.0 Å². The lowest BCUT2D eigenvalue weighted by Gasteiger charge is -2.39. The molecule has 0 spiro atoms. The maximum Gasteiger partial charge on any atom is 0.405 e. The summed E-state index contributed by atoms with van der Waals surface area (Å²) in [5.74, 6) is -0.734. The number of hydrogen-bond donors (Lipinski definition) is 5. The molecule has 2 aromatic heterocycles. The van der Waals surface area contributed by atoms with Crippen molar-refractivity contribution in [1.29, 1.82) is 0 Å². The Kier molecular flexibility index (Phi) is 9.18. The van der Waals surface area contributed by atoms with Crippen LogP contribution in [-0.4, -0.2) is 49.8 Å². The van der Waals surface area contributed by atoms with Gasteiger partial charge in [-0.3, -0.25) is 9.59 Å². The molecular formula is C28H36Cl2N6O5. The number of halogens is 2. The summed E-state index contributed by atoms with van der Waals surface area (Å²) in [6.07, 6.45) is 0.764. The molecule has 41 heavy (non-hydrogen) atoms. The number of carbonyl (C=O) groups is 3. The highest BCUT2D eigenvalue weighted by Crippen LogP contribution is 2.39. The van der Waals surface area contributed by atoms with E-state index in [-0.39, 0.29) is 30.6 Å². The highest BCUT2D eigenvalue weighted by Gasteiger charge is 2.47. The predicted molar refractivity (Wildman–Crippen MR) is 155 cm³/mol. The number of aromatic amines is 1. The number of carbonyl (C=O) groups excluding carboxylic acids is 2. The molecule has 2 unspecified atom stereocenters. The number of aromatic nitrogens is 3. The van der Waals surface area contributed by atoms with E-state index in [1.165, 1.54) is 0 Å². The Labute approximate surface area is 248 Å². The number of carboxylic acid groups (broad SMARTS) is 1. The Hall–Kier alpha value is -3.31. The average Bonchev–Trinajstić information content (AvgIpc) is 3.52. The van der Waals surface area contributed by atoms with E-state index in [1.807, 2.05) is 20.8 Å². The number of nitrogens with one attached hydrogen (secondary N) is 4. The lowest BCUT2D eigenvalue weighted by Crippen LogP contribution is -2.65. The van der Waals surface area contributed by atoms with Crippen molar-refractivity contribution in [2.24, 2.45) is 11.8 Å². The van der Waals surface area contributed by atoms with Gasteiger partial charge in [-0.1, -0.05) is 63.7 Å². The number of benzene rings is 1. The van der Waals surface area contributed by atoms with Crippen molar-refractivity contribution < 1.29 is 23.9 Å². The first-order valence-electron chi connectivity index (χ1n) is 13.8. The maximum atomic E-state index is 14.3. The summed E-state index contributed by atoms with van der Waals surface area (Å²) in [4.78, 5) is 43.0. The minimum Gasteiger partial charge on any atom is -0.465 e. The quantitative estimate of drug-likeness (QED) is 0.214. The van der Waals surface area contributed by atoms with E-state index in [0.29, 0.717) is 40.7 Å². The normalized spacial score (nSPS) is 19.6. The zero-order chi connectivity index (χ0) is 30.1. The molecule has 5 N–H and O–H groups in total. The summed E-state index contributed by atoms with van der Waals surface area (Å²) >= 11 is 12.8. The van der Waals surface area contributed by atoms with Gasteiger partial charge in [0.05, 0.1) is 10.5 Å². The number of fused-ring (bicyclic) bond motifs is 3. The van der Waals surface area contributed by atoms with Crippen LogP contribution in [0.1, 0.15) is 76.0 Å². The summed E-state index contributed by atoms with van der Waals surface area (Å²) in [6, 6.07) is 1.77. The Morgan fingerprint density at radius 2 is 1.83 bits per heavy atom. The molecule has 1 aliphatic rings. The first kappa shape index (κ1) is 30.6. The molecule has 5 atom stereocenters. The van der Waals surface area contributed by atoms with Gasteiger partial charge in [0, 0.05) is 29.4 Å². The van der Waals surface area contributed by atoms with Gasteiger partial charge < -0.3 is 30.5 Å². The molecule has 222 valence electrons. The Bertz CT molecular complexity index is 1460. The van der Waals surface area contributed by atoms with Gasteiger partial charge in [0.1, 0.15) is 17.6 Å². The van der Waals surface area contributed by atoms with E-state index >= 15 is 0 Å². The average molecular weight is 608 g/mol. The van der Waals surface area contributed by atoms with Gasteiger partial charge >= 0.3 is 6.09 Å². The van der Waals surface area contributed by atoms with Gasteiger partial charge in [0.15, 0.2) is 0 Å². The molecule has 0 saturated carbocycles. The molecule has 3 amide bonds. The summed E-state index contributed by atoms with van der Waals surface area (Å²) in [5.41, 5.74) is 0.995. The minimum absolute atomic E-state index is 0.0575. The van der Waals surface area contributed by atoms with Crippen LogP contribution in [0.15, 0.2) is 16.5 Å². The summed E-state index contributed by atoms with van der Waals surface area (Å²) in [5, 5.41) is 27.6. The number of rotatable bonds is 10. The van der Waals surface area contributed by atoms with Crippen LogP contribution < -0.4 is 16.0 Å². The van der Waals surface area contributed by atoms with Crippen LogP contribution in [0.3, 0.4) is 0 Å². The van der Waals surface area contributed by atoms with Gasteiger partial charge in [-0.25, -0.2) is 4.79 Å². The monoisotopic (exact) mass is 606 g/mol. The summed E-state index contributed by atoms with van der Waals surface area (Å²) in [7, 11) is 0. The van der Waals surface area contributed by atoms with E-state index < -0.39 is 35.5 Å². The van der Waals surface area contributed by atoms with E-state index in [0.717, 1.165) is 16.6 Å². The van der Waals surface area contributed by atoms with Crippen molar-refractivity contribution in [3.63, 3.8) is 0 Å². The first-order valence-corrected chi connectivity index (χ1v) is 14.6. The topological polar surface area (TPSA) is 162 Å². The standard InChI is InChI=1S/C28H36Cl2N6O5/c1-6-13(3)21(33-27(39)40)24(37)34-28(26(38)32-22(14(4)7-2)25-36-35-15(5)41-25)9-8-20-18(12-28)17-10-16(29)11-19(30)23(17)31-20/h10-11,13-14,21-22,31,33H,6-9,12H2,1-5H3,(H,32,38)(H,34,37)(H,39,40)/t13-,14-,21?,22?,28+/m0/s1. The molecule has 0 saturated heterocycles. The van der Waals surface area contributed by atoms with Crippen LogP contribution in [0.4, 0.5) is 4.79 Å². The molecule has 4 rings (SSSR count). The van der Waals surface area contributed by atoms with Gasteiger partial charge in [-0.15, -0.1) is 10.2 Å². The van der Waals surface area contributed by atoms with Crippen molar-refractivity contribution in [2.75, 3.05) is 0 Å². The highest BCUT2D eigenvalue weighted by molar-refractivity contribution is 6.38. The molecule has 0 bridgehead atoms. The second kappa shape index (κ2) is 12.3. The molecule has 3 aromatic rings. The number of H-pyrrole nitrogens is 1. The lowest BCUT2D eigenvalue weighted by molar-refractivity contribution is -0.136. The summed E-state index contributed by atoms with van der Waals surface area (Å²) in [6.45, 7) is 9.28. The molecule has 1 aliphatic carbocycles. The molecule has 2 heterocycles. The molecule has 1 aromatic carbocycles. The lowest BCUT2D eigenvalue weighted by atomic mass is 9.78. The van der Waals surface area contributed by atoms with Crippen molar-refractivity contribution in [3.8, 4) is 0 Å². The fraction of sp³-hybridized carbons (Fsp3) is 0.536. The number of aryl methyl sites for hydroxylation is 2. The van der Waals surface area contributed by atoms with Crippen molar-refractivity contribution in [2.45, 2.75) is 84.3 Å². The zero-order valence-electron chi connectivity index (χ0n) is 23.7. The molecule has 13 heteroatoms. The Morgan fingerprint density at radius 1 is 1.12 bits per heavy atom. The van der Waals surface area contributed by atoms with Crippen LogP contribution >= 0.6 is 23.2 Å². The van der Waals surface area contributed by atoms with Gasteiger partial charge in [-0.05, 0) is 42.4 Å². The molecule has 0 aliphatic heterocycles. The maximum absolute atomic E-state index is 14.3. The van der Waals surface area contributed by atoms with Gasteiger partial charge in [0.2, 0.25) is 23.6 Å². The fourth-order valence-electron chi connectivity index (χ4n) is 5.38. The highest BCUT2D eigenvalue weighted by atomic mass is 35.5. The third-order valence-corrected chi connectivity index (χ3v) is 8.70. The minimum atomic E-state index is -1.42. The van der Waals surface area contributed by atoms with Crippen LogP contribution in [0.25, 0.3) is 10.9 Å². The Balaban J connectivity index is 1.77. The molecule has 0 fully saturated rings. The van der Waals surface area contributed by atoms with Crippen LogP contribution in [0, 0.1) is 18.8 Å². The fourth-order valence-corrected chi connectivity index (χ4v) is 5.92. The zero-order valence-corrected chi connectivity index (χ0v) is 25.2. The largest absolute Gasteiger partial charge is 0.465 e. The number of hydrogen-bond acceptors (Lipinski definition) is 6. The van der Waals surface area contributed by atoms with Crippen molar-refractivity contribution in [1.82, 2.24) is 31.1 Å². The Morgan fingerprint density at radius 3 is 2.44 bits per heavy atom. The second-order valence-electron chi connectivity index (χ2n) is 10.9. The summed E-state index contributed by atoms with van der Waals surface area (Å²) < 4.78 is 5.69. The number of amides is 3. The molecular weight excluding hydrogens is 571 g/mol. The van der Waals surface area contributed by atoms with Crippen molar-refractivity contribution in [3.05, 3.63) is 45.2 Å². The molecule has 0 radical (unpaired) electrons. The SMILES string of the molecule is CC[C@H](C)C(NC(=O)O)C(=O)N[C@]1(C(=O)NC(c2nnc(C)o2)[C@@H](C)CC)CCc2[nH]c3c(Cl)cc(Cl)cc3c2C1. The van der Waals surface area contributed by atoms with E-state index in [9.17, 15) is 19.5 Å². The predicted octanol–water partition coefficient (Wildman–Crippen LogP) is 5.10. The second-order valence-corrected chi connectivity index (χ2v) is 11.8. The smallest absolute Gasteiger partial charge is 0.405 e. The van der Waals surface area contributed by atoms with E-state index in [4.69, 9.17) is 27.6 Å². The van der Waals surface area contributed by atoms with Crippen LogP contribution in [0.5, 0.6) is 0 Å². The first-order chi connectivity index (χ1) is 19.4. The number of nitrogens with zero attached hydrogens (tertiary/aromatic N) is 2. The third-order valence-electron chi connectivity index (χ3n) is 8.18. The molecule has 11 nitrogen and oxygen atoms in total.